The van der Waals surface area contributed by atoms with Crippen molar-refractivity contribution < 1.29 is 28.2 Å². The van der Waals surface area contributed by atoms with Crippen molar-refractivity contribution in [2.45, 2.75) is 32.0 Å². The van der Waals surface area contributed by atoms with Gasteiger partial charge in [0.1, 0.15) is 30.0 Å². The first-order valence-electron chi connectivity index (χ1n) is 9.19. The van der Waals surface area contributed by atoms with Gasteiger partial charge in [-0.1, -0.05) is 6.07 Å². The molecule has 1 fully saturated rings. The van der Waals surface area contributed by atoms with Crippen molar-refractivity contribution in [2.24, 2.45) is 0 Å². The number of piperidine rings is 1. The molecule has 29 heavy (non-hydrogen) atoms. The summed E-state index contributed by atoms with van der Waals surface area (Å²) in [7, 11) is 1.50. The van der Waals surface area contributed by atoms with Crippen LogP contribution >= 0.6 is 0 Å². The lowest BCUT2D eigenvalue weighted by atomic mass is 10.0. The smallest absolute Gasteiger partial charge is 0.255 e. The number of amides is 3. The molecule has 7 nitrogen and oxygen atoms in total. The minimum absolute atomic E-state index is 0.0356. The maximum atomic E-state index is 14.1. The zero-order valence-corrected chi connectivity index (χ0v) is 15.7. The number of hydrogen-bond acceptors (Lipinski definition) is 5. The minimum Gasteiger partial charge on any atom is -0.497 e. The van der Waals surface area contributed by atoms with Gasteiger partial charge >= 0.3 is 0 Å². The molecule has 4 rings (SSSR count). The molecule has 2 aromatic rings. The van der Waals surface area contributed by atoms with Crippen molar-refractivity contribution in [1.82, 2.24) is 10.2 Å². The highest BCUT2D eigenvalue weighted by Crippen LogP contribution is 2.34. The standard InChI is InChI=1S/C21H19FN2O5/c1-28-13-5-6-16(22)12(9-13)11-29-18-4-2-3-14-15(18)10-24(21(14)27)17-7-8-19(25)23-20(17)26/h2-6,9,17H,7-8,10-11H2,1H3,(H,23,25,26). The molecule has 1 saturated heterocycles. The van der Waals surface area contributed by atoms with Gasteiger partial charge in [-0.25, -0.2) is 4.39 Å². The number of benzene rings is 2. The van der Waals surface area contributed by atoms with Gasteiger partial charge < -0.3 is 14.4 Å². The summed E-state index contributed by atoms with van der Waals surface area (Å²) >= 11 is 0. The Morgan fingerprint density at radius 1 is 1.21 bits per heavy atom. The number of hydrogen-bond donors (Lipinski definition) is 1. The van der Waals surface area contributed by atoms with Crippen LogP contribution in [0.4, 0.5) is 4.39 Å². The number of carbonyl (C=O) groups is 3. The van der Waals surface area contributed by atoms with E-state index in [0.717, 1.165) is 0 Å². The summed E-state index contributed by atoms with van der Waals surface area (Å²) in [4.78, 5) is 37.8. The van der Waals surface area contributed by atoms with Gasteiger partial charge in [0.15, 0.2) is 0 Å². The molecule has 2 heterocycles. The summed E-state index contributed by atoms with van der Waals surface area (Å²) in [6, 6.07) is 8.75. The molecule has 3 amide bonds. The Labute approximate surface area is 166 Å². The molecular weight excluding hydrogens is 379 g/mol. The second-order valence-corrected chi connectivity index (χ2v) is 6.93. The predicted octanol–water partition coefficient (Wildman–Crippen LogP) is 2.17. The monoisotopic (exact) mass is 398 g/mol. The molecule has 2 aliphatic rings. The van der Waals surface area contributed by atoms with E-state index in [1.807, 2.05) is 0 Å². The van der Waals surface area contributed by atoms with Crippen LogP contribution in [0.5, 0.6) is 11.5 Å². The summed E-state index contributed by atoms with van der Waals surface area (Å²) < 4.78 is 25.0. The lowest BCUT2D eigenvalue weighted by Gasteiger charge is -2.29. The van der Waals surface area contributed by atoms with Gasteiger partial charge in [-0.2, -0.15) is 0 Å². The first-order chi connectivity index (χ1) is 14.0. The van der Waals surface area contributed by atoms with Crippen molar-refractivity contribution in [1.29, 1.82) is 0 Å². The molecule has 0 spiro atoms. The van der Waals surface area contributed by atoms with E-state index in [1.54, 1.807) is 24.3 Å². The molecule has 8 heteroatoms. The Balaban J connectivity index is 1.54. The quantitative estimate of drug-likeness (QED) is 0.781. The largest absolute Gasteiger partial charge is 0.497 e. The molecular formula is C21H19FN2O5. The number of nitrogens with one attached hydrogen (secondary N) is 1. The molecule has 0 radical (unpaired) electrons. The summed E-state index contributed by atoms with van der Waals surface area (Å²) in [5, 5.41) is 2.28. The number of imide groups is 1. The Morgan fingerprint density at radius 3 is 2.79 bits per heavy atom. The van der Waals surface area contributed by atoms with E-state index in [4.69, 9.17) is 9.47 Å². The number of fused-ring (bicyclic) bond motifs is 1. The molecule has 0 aliphatic carbocycles. The third-order valence-corrected chi connectivity index (χ3v) is 5.18. The molecule has 2 aliphatic heterocycles. The first-order valence-corrected chi connectivity index (χ1v) is 9.19. The van der Waals surface area contributed by atoms with E-state index in [-0.39, 0.29) is 37.8 Å². The maximum Gasteiger partial charge on any atom is 0.255 e. The van der Waals surface area contributed by atoms with Gasteiger partial charge in [0.25, 0.3) is 5.91 Å². The highest BCUT2D eigenvalue weighted by Gasteiger charge is 2.40. The van der Waals surface area contributed by atoms with Crippen molar-refractivity contribution >= 4 is 17.7 Å². The molecule has 1 unspecified atom stereocenters. The zero-order chi connectivity index (χ0) is 20.5. The van der Waals surface area contributed by atoms with Crippen LogP contribution in [0.3, 0.4) is 0 Å². The van der Waals surface area contributed by atoms with Crippen LogP contribution in [0.2, 0.25) is 0 Å². The number of rotatable bonds is 5. The van der Waals surface area contributed by atoms with Crippen LogP contribution in [-0.4, -0.2) is 35.8 Å². The van der Waals surface area contributed by atoms with Gasteiger partial charge in [-0.15, -0.1) is 0 Å². The van der Waals surface area contributed by atoms with E-state index in [9.17, 15) is 18.8 Å². The third kappa shape index (κ3) is 3.53. The van der Waals surface area contributed by atoms with Crippen LogP contribution in [0, 0.1) is 5.82 Å². The maximum absolute atomic E-state index is 14.1. The van der Waals surface area contributed by atoms with Crippen molar-refractivity contribution in [3.63, 3.8) is 0 Å². The Morgan fingerprint density at radius 2 is 2.03 bits per heavy atom. The number of halogens is 1. The Kier molecular flexibility index (Phi) is 4.92. The summed E-state index contributed by atoms with van der Waals surface area (Å²) in [5.74, 6) is -0.537. The summed E-state index contributed by atoms with van der Waals surface area (Å²) in [5.41, 5.74) is 1.41. The fourth-order valence-electron chi connectivity index (χ4n) is 3.64. The fraction of sp³-hybridized carbons (Fsp3) is 0.286. The van der Waals surface area contributed by atoms with Gasteiger partial charge in [-0.3, -0.25) is 19.7 Å². The normalized spacial score (nSPS) is 18.5. The van der Waals surface area contributed by atoms with Crippen LogP contribution < -0.4 is 14.8 Å². The first kappa shape index (κ1) is 18.9. The summed E-state index contributed by atoms with van der Waals surface area (Å²) in [6.45, 7) is 0.156. The van der Waals surface area contributed by atoms with E-state index < -0.39 is 17.8 Å². The highest BCUT2D eigenvalue weighted by molar-refractivity contribution is 6.05. The average molecular weight is 398 g/mol. The second-order valence-electron chi connectivity index (χ2n) is 6.93. The number of carbonyl (C=O) groups excluding carboxylic acids is 3. The predicted molar refractivity (Wildman–Crippen MR) is 99.8 cm³/mol. The van der Waals surface area contributed by atoms with Crippen molar-refractivity contribution in [3.05, 3.63) is 58.9 Å². The van der Waals surface area contributed by atoms with Crippen molar-refractivity contribution in [3.8, 4) is 11.5 Å². The van der Waals surface area contributed by atoms with E-state index >= 15 is 0 Å². The Bertz CT molecular complexity index is 1010. The minimum atomic E-state index is -0.698. The van der Waals surface area contributed by atoms with E-state index in [0.29, 0.717) is 28.2 Å². The van der Waals surface area contributed by atoms with Gasteiger partial charge in [-0.05, 0) is 36.8 Å². The highest BCUT2D eigenvalue weighted by atomic mass is 19.1. The van der Waals surface area contributed by atoms with Gasteiger partial charge in [0.2, 0.25) is 11.8 Å². The molecule has 1 atom stereocenters. The average Bonchev–Trinajstić information content (AvgIpc) is 3.04. The fourth-order valence-corrected chi connectivity index (χ4v) is 3.64. The lowest BCUT2D eigenvalue weighted by Crippen LogP contribution is -2.52. The third-order valence-electron chi connectivity index (χ3n) is 5.18. The number of ether oxygens (including phenoxy) is 2. The lowest BCUT2D eigenvalue weighted by molar-refractivity contribution is -0.136. The van der Waals surface area contributed by atoms with Crippen LogP contribution in [-0.2, 0) is 22.7 Å². The summed E-state index contributed by atoms with van der Waals surface area (Å²) in [6.07, 6.45) is 0.477. The molecule has 0 bridgehead atoms. The van der Waals surface area contributed by atoms with E-state index in [1.165, 1.54) is 24.1 Å². The van der Waals surface area contributed by atoms with Crippen molar-refractivity contribution in [2.75, 3.05) is 7.11 Å². The van der Waals surface area contributed by atoms with Crippen LogP contribution in [0.1, 0.15) is 34.3 Å². The molecule has 0 aromatic heterocycles. The van der Waals surface area contributed by atoms with E-state index in [2.05, 4.69) is 5.32 Å². The number of methoxy groups -OCH3 is 1. The van der Waals surface area contributed by atoms with Gasteiger partial charge in [0, 0.05) is 23.1 Å². The van der Waals surface area contributed by atoms with Crippen LogP contribution in [0.25, 0.3) is 0 Å². The SMILES string of the molecule is COc1ccc(F)c(COc2cccc3c2CN(C2CCC(=O)NC2=O)C3=O)c1. The zero-order valence-electron chi connectivity index (χ0n) is 15.7. The Hall–Kier alpha value is -3.42. The molecule has 0 saturated carbocycles. The number of nitrogens with zero attached hydrogens (tertiary/aromatic N) is 1. The van der Waals surface area contributed by atoms with Gasteiger partial charge in [0.05, 0.1) is 13.7 Å². The second kappa shape index (κ2) is 7.54. The molecule has 150 valence electrons. The topological polar surface area (TPSA) is 84.9 Å². The van der Waals surface area contributed by atoms with Crippen LogP contribution in [0.15, 0.2) is 36.4 Å². The molecule has 2 aromatic carbocycles. The molecule has 1 N–H and O–H groups in total.